The maximum atomic E-state index is 17.4. The summed E-state index contributed by atoms with van der Waals surface area (Å²) in [5.74, 6) is -0.871. The first-order valence-corrected chi connectivity index (χ1v) is 12.4. The molecule has 1 unspecified atom stereocenters. The number of piperidine rings is 1. The van der Waals surface area contributed by atoms with Crippen molar-refractivity contribution in [3.63, 3.8) is 0 Å². The Morgan fingerprint density at radius 2 is 1.77 bits per heavy atom. The molecule has 1 saturated heterocycles. The third kappa shape index (κ3) is 4.66. The number of hydrogen-bond donors (Lipinski definition) is 1. The van der Waals surface area contributed by atoms with Crippen molar-refractivity contribution in [2.75, 3.05) is 6.54 Å². The number of amides is 1. The summed E-state index contributed by atoms with van der Waals surface area (Å²) in [6.07, 6.45) is 1.96. The number of alkyl halides is 1. The van der Waals surface area contributed by atoms with Crippen molar-refractivity contribution in [2.24, 2.45) is 0 Å². The Kier molecular flexibility index (Phi) is 7.29. The molecular weight excluding hydrogens is 458 g/mol. The van der Waals surface area contributed by atoms with E-state index in [4.69, 9.17) is 11.6 Å². The number of nitrogens with one attached hydrogen (secondary N) is 1. The largest absolute Gasteiger partial charge is 0.349 e. The van der Waals surface area contributed by atoms with E-state index in [-0.39, 0.29) is 29.5 Å². The lowest BCUT2D eigenvalue weighted by Gasteiger charge is -2.66. The number of likely N-dealkylation sites (tertiary alicyclic amines) is 1. The SMILES string of the molecule is BC(B)(NC(B)(B)C1(F)CCN(C(=O)c2ccc(F)c(Cl)c2)C(B)(B)C1(B)B)c1ccc(C)cn1. The van der Waals surface area contributed by atoms with Gasteiger partial charge in [-0.05, 0) is 64.4 Å². The normalized spacial score (nSPS) is 22.0. The van der Waals surface area contributed by atoms with Gasteiger partial charge in [0.2, 0.25) is 0 Å². The van der Waals surface area contributed by atoms with Crippen LogP contribution in [0.25, 0.3) is 0 Å². The van der Waals surface area contributed by atoms with E-state index in [9.17, 15) is 9.18 Å². The molecule has 15 heteroatoms. The van der Waals surface area contributed by atoms with Crippen LogP contribution >= 0.6 is 11.6 Å². The van der Waals surface area contributed by atoms with Crippen LogP contribution in [0.5, 0.6) is 0 Å². The number of benzene rings is 1. The molecule has 0 bridgehead atoms. The monoisotopic (exact) mass is 489 g/mol. The summed E-state index contributed by atoms with van der Waals surface area (Å²) in [6.45, 7) is 2.20. The Labute approximate surface area is 219 Å². The average molecular weight is 488 g/mol. The molecule has 1 aliphatic rings. The van der Waals surface area contributed by atoms with E-state index in [1.165, 1.54) is 18.2 Å². The summed E-state index contributed by atoms with van der Waals surface area (Å²) in [6, 6.07) is 7.91. The molecular formula is C20H30B8ClF2N3O. The molecule has 1 aliphatic heterocycles. The van der Waals surface area contributed by atoms with E-state index in [1.54, 1.807) is 4.90 Å². The minimum absolute atomic E-state index is 0.109. The Morgan fingerprint density at radius 3 is 2.31 bits per heavy atom. The Hall–Kier alpha value is -1.53. The molecule has 0 saturated carbocycles. The summed E-state index contributed by atoms with van der Waals surface area (Å²) in [5, 5.41) is 0.0917. The number of nitrogens with zero attached hydrogens (tertiary/aromatic N) is 2. The van der Waals surface area contributed by atoms with Gasteiger partial charge in [-0.15, -0.1) is 0 Å². The molecule has 1 atom stereocenters. The molecule has 1 aromatic carbocycles. The number of carbonyl (C=O) groups is 1. The molecule has 0 aliphatic carbocycles. The summed E-state index contributed by atoms with van der Waals surface area (Å²) in [7, 11) is 15.3. The fraction of sp³-hybridized carbons (Fsp3) is 0.400. The van der Waals surface area contributed by atoms with E-state index in [0.29, 0.717) is 0 Å². The third-order valence-electron chi connectivity index (χ3n) is 8.45. The van der Waals surface area contributed by atoms with Gasteiger partial charge in [0.05, 0.1) is 5.02 Å². The van der Waals surface area contributed by atoms with Crippen LogP contribution in [0.2, 0.25) is 10.2 Å². The second-order valence-corrected chi connectivity index (χ2v) is 12.3. The highest BCUT2D eigenvalue weighted by atomic mass is 35.5. The predicted octanol–water partition coefficient (Wildman–Crippen LogP) is -4.37. The number of hydrogen-bond acceptors (Lipinski definition) is 3. The zero-order chi connectivity index (χ0) is 26.6. The summed E-state index contributed by atoms with van der Waals surface area (Å²) in [4.78, 5) is 19.7. The number of carbonyl (C=O) groups excluding carboxylic acids is 1. The van der Waals surface area contributed by atoms with Gasteiger partial charge in [0.15, 0.2) is 0 Å². The predicted molar refractivity (Wildman–Crippen MR) is 161 cm³/mol. The van der Waals surface area contributed by atoms with Crippen LogP contribution in [0.1, 0.15) is 28.0 Å². The smallest absolute Gasteiger partial charge is 0.253 e. The van der Waals surface area contributed by atoms with Crippen molar-refractivity contribution in [3.8, 4) is 0 Å². The van der Waals surface area contributed by atoms with Crippen LogP contribution in [-0.4, -0.2) is 101 Å². The van der Waals surface area contributed by atoms with Gasteiger partial charge in [0, 0.05) is 24.0 Å². The van der Waals surface area contributed by atoms with Crippen molar-refractivity contribution < 1.29 is 13.6 Å². The van der Waals surface area contributed by atoms with Crippen LogP contribution < -0.4 is 5.32 Å². The van der Waals surface area contributed by atoms with Crippen LogP contribution in [0.3, 0.4) is 0 Å². The van der Waals surface area contributed by atoms with Gasteiger partial charge in [0.25, 0.3) is 5.91 Å². The first-order chi connectivity index (χ1) is 15.9. The van der Waals surface area contributed by atoms with Crippen molar-refractivity contribution >= 4 is 80.3 Å². The zero-order valence-electron chi connectivity index (χ0n) is 22.3. The van der Waals surface area contributed by atoms with Gasteiger partial charge in [-0.1, -0.05) is 17.7 Å². The number of pyridine rings is 1. The Morgan fingerprint density at radius 1 is 1.14 bits per heavy atom. The maximum absolute atomic E-state index is 17.4. The molecule has 0 radical (unpaired) electrons. The third-order valence-corrected chi connectivity index (χ3v) is 8.74. The number of aryl methyl sites for hydroxylation is 1. The van der Waals surface area contributed by atoms with E-state index >= 15 is 4.39 Å². The average Bonchev–Trinajstić information content (AvgIpc) is 2.73. The summed E-state index contributed by atoms with van der Waals surface area (Å²) < 4.78 is 31.1. The molecule has 4 nitrogen and oxygen atoms in total. The van der Waals surface area contributed by atoms with Crippen molar-refractivity contribution in [1.82, 2.24) is 15.2 Å². The highest BCUT2D eigenvalue weighted by molar-refractivity contribution is 6.57. The highest BCUT2D eigenvalue weighted by Gasteiger charge is 2.64. The fourth-order valence-corrected chi connectivity index (χ4v) is 5.88. The van der Waals surface area contributed by atoms with Crippen LogP contribution in [0, 0.1) is 12.7 Å². The first kappa shape index (κ1) is 28.0. The highest BCUT2D eigenvalue weighted by Crippen LogP contribution is 2.55. The fourth-order valence-electron chi connectivity index (χ4n) is 5.70. The minimum Gasteiger partial charge on any atom is -0.349 e. The van der Waals surface area contributed by atoms with Gasteiger partial charge in [0.1, 0.15) is 74.3 Å². The standard InChI is InChI=1S/C20H30B8ClF2N3O/c1-10-2-5-14(32-9-10)17(21,22)33-19(25,26)16(31)6-7-34(20(27,28)18(16,23)24)15(35)11-3-4-13(30)12(29)8-11/h2-5,8-9,33H,6-7,21-28H2,1H3. The molecule has 2 aromatic rings. The van der Waals surface area contributed by atoms with E-state index in [2.05, 4.69) is 10.3 Å². The van der Waals surface area contributed by atoms with E-state index < -0.39 is 32.7 Å². The molecule has 35 heavy (non-hydrogen) atoms. The van der Waals surface area contributed by atoms with Gasteiger partial charge in [-0.25, -0.2) is 8.78 Å². The molecule has 2 heterocycles. The Bertz CT molecular complexity index is 1140. The van der Waals surface area contributed by atoms with Crippen LogP contribution in [0.4, 0.5) is 8.78 Å². The molecule has 3 rings (SSSR count). The van der Waals surface area contributed by atoms with Crippen molar-refractivity contribution in [2.45, 2.75) is 40.2 Å². The van der Waals surface area contributed by atoms with Gasteiger partial charge in [-0.3, -0.25) is 9.78 Å². The van der Waals surface area contributed by atoms with Gasteiger partial charge >= 0.3 is 0 Å². The minimum atomic E-state index is -1.68. The lowest BCUT2D eigenvalue weighted by atomic mass is 9.23. The second-order valence-electron chi connectivity index (χ2n) is 11.9. The first-order valence-electron chi connectivity index (χ1n) is 12.1. The van der Waals surface area contributed by atoms with E-state index in [0.717, 1.165) is 11.3 Å². The summed E-state index contributed by atoms with van der Waals surface area (Å²) in [5.41, 5.74) is 0.504. The summed E-state index contributed by atoms with van der Waals surface area (Å²) >= 11 is 5.93. The van der Waals surface area contributed by atoms with Gasteiger partial charge < -0.3 is 10.2 Å². The van der Waals surface area contributed by atoms with E-state index in [1.807, 2.05) is 88.0 Å². The number of aromatic nitrogens is 1. The van der Waals surface area contributed by atoms with Crippen LogP contribution in [0.15, 0.2) is 36.5 Å². The molecule has 1 amide bonds. The molecule has 0 spiro atoms. The number of halogens is 3. The zero-order valence-corrected chi connectivity index (χ0v) is 23.1. The maximum Gasteiger partial charge on any atom is 0.253 e. The van der Waals surface area contributed by atoms with Gasteiger partial charge in [-0.2, -0.15) is 0 Å². The van der Waals surface area contributed by atoms with Crippen LogP contribution in [-0.2, 0) is 5.34 Å². The quantitative estimate of drug-likeness (QED) is 0.433. The Balaban J connectivity index is 1.95. The molecule has 1 fully saturated rings. The lowest BCUT2D eigenvalue weighted by Crippen LogP contribution is -2.80. The van der Waals surface area contributed by atoms with Crippen molar-refractivity contribution in [1.29, 1.82) is 0 Å². The topological polar surface area (TPSA) is 45.2 Å². The molecule has 1 aromatic heterocycles. The molecule has 176 valence electrons. The second kappa shape index (κ2) is 9.09. The number of rotatable bonds is 5. The molecule has 1 N–H and O–H groups in total. The lowest BCUT2D eigenvalue weighted by molar-refractivity contribution is -0.00346. The van der Waals surface area contributed by atoms with Crippen molar-refractivity contribution in [3.05, 3.63) is 64.2 Å².